The lowest BCUT2D eigenvalue weighted by atomic mass is 10.2. The van der Waals surface area contributed by atoms with Crippen LogP contribution in [0.25, 0.3) is 0 Å². The SMILES string of the molecule is O=S(=O)(Cc1cc(F)ccc1F)c1ccccc1F. The molecule has 0 aromatic heterocycles. The maximum Gasteiger partial charge on any atom is 0.185 e. The molecule has 0 aliphatic heterocycles. The third-order valence-electron chi connectivity index (χ3n) is 2.52. The van der Waals surface area contributed by atoms with E-state index in [1.165, 1.54) is 12.1 Å². The molecule has 0 amide bonds. The van der Waals surface area contributed by atoms with Crippen LogP contribution >= 0.6 is 0 Å². The van der Waals surface area contributed by atoms with E-state index < -0.39 is 37.9 Å². The normalized spacial score (nSPS) is 11.5. The van der Waals surface area contributed by atoms with Crippen LogP contribution < -0.4 is 0 Å². The van der Waals surface area contributed by atoms with Crippen LogP contribution in [0, 0.1) is 17.5 Å². The fraction of sp³-hybridized carbons (Fsp3) is 0.0769. The first-order valence-corrected chi connectivity index (χ1v) is 6.96. The summed E-state index contributed by atoms with van der Waals surface area (Å²) in [6.45, 7) is 0. The Morgan fingerprint density at radius 3 is 2.26 bits per heavy atom. The van der Waals surface area contributed by atoms with E-state index in [1.807, 2.05) is 0 Å². The number of halogens is 3. The Morgan fingerprint density at radius 2 is 1.58 bits per heavy atom. The molecule has 6 heteroatoms. The average molecular weight is 286 g/mol. The van der Waals surface area contributed by atoms with Crippen LogP contribution in [-0.2, 0) is 15.6 Å². The molecule has 0 heterocycles. The molecule has 0 atom stereocenters. The van der Waals surface area contributed by atoms with Crippen molar-refractivity contribution in [3.05, 3.63) is 65.5 Å². The van der Waals surface area contributed by atoms with Crippen molar-refractivity contribution in [3.63, 3.8) is 0 Å². The van der Waals surface area contributed by atoms with Gasteiger partial charge in [0.2, 0.25) is 0 Å². The van der Waals surface area contributed by atoms with Crippen LogP contribution in [0.4, 0.5) is 13.2 Å². The maximum atomic E-state index is 13.4. The number of hydrogen-bond acceptors (Lipinski definition) is 2. The van der Waals surface area contributed by atoms with Crippen LogP contribution in [0.15, 0.2) is 47.4 Å². The van der Waals surface area contributed by atoms with Crippen LogP contribution in [0.3, 0.4) is 0 Å². The predicted octanol–water partition coefficient (Wildman–Crippen LogP) is 3.08. The lowest BCUT2D eigenvalue weighted by Crippen LogP contribution is -2.08. The van der Waals surface area contributed by atoms with E-state index in [-0.39, 0.29) is 5.56 Å². The van der Waals surface area contributed by atoms with E-state index in [0.717, 1.165) is 30.3 Å². The first kappa shape index (κ1) is 13.6. The molecule has 19 heavy (non-hydrogen) atoms. The third kappa shape index (κ3) is 2.96. The molecule has 2 aromatic rings. The summed E-state index contributed by atoms with van der Waals surface area (Å²) in [6, 6.07) is 7.29. The molecular weight excluding hydrogens is 277 g/mol. The molecule has 0 unspecified atom stereocenters. The highest BCUT2D eigenvalue weighted by Gasteiger charge is 2.21. The van der Waals surface area contributed by atoms with Gasteiger partial charge < -0.3 is 0 Å². The second-order valence-electron chi connectivity index (χ2n) is 3.93. The molecule has 0 saturated heterocycles. The van der Waals surface area contributed by atoms with Crippen molar-refractivity contribution in [1.82, 2.24) is 0 Å². The Morgan fingerprint density at radius 1 is 0.895 bits per heavy atom. The summed E-state index contributed by atoms with van der Waals surface area (Å²) in [5.41, 5.74) is -0.330. The molecule has 0 aliphatic carbocycles. The fourth-order valence-corrected chi connectivity index (χ4v) is 3.07. The van der Waals surface area contributed by atoms with Gasteiger partial charge in [-0.1, -0.05) is 12.1 Å². The van der Waals surface area contributed by atoms with Crippen LogP contribution in [0.1, 0.15) is 5.56 Å². The summed E-state index contributed by atoms with van der Waals surface area (Å²) in [4.78, 5) is -0.529. The maximum absolute atomic E-state index is 13.4. The molecule has 0 fully saturated rings. The van der Waals surface area contributed by atoms with Gasteiger partial charge in [0.1, 0.15) is 22.3 Å². The van der Waals surface area contributed by atoms with E-state index in [0.29, 0.717) is 0 Å². The second kappa shape index (κ2) is 5.05. The fourth-order valence-electron chi connectivity index (χ4n) is 1.63. The van der Waals surface area contributed by atoms with E-state index in [4.69, 9.17) is 0 Å². The Balaban J connectivity index is 2.43. The first-order chi connectivity index (χ1) is 8.90. The van der Waals surface area contributed by atoms with Crippen LogP contribution in [0.5, 0.6) is 0 Å². The van der Waals surface area contributed by atoms with Gasteiger partial charge >= 0.3 is 0 Å². The third-order valence-corrected chi connectivity index (χ3v) is 4.22. The number of hydrogen-bond donors (Lipinski definition) is 0. The predicted molar refractivity (Wildman–Crippen MR) is 63.6 cm³/mol. The van der Waals surface area contributed by atoms with E-state index in [9.17, 15) is 21.6 Å². The Hall–Kier alpha value is -1.82. The average Bonchev–Trinajstić information content (AvgIpc) is 2.34. The van der Waals surface area contributed by atoms with E-state index in [1.54, 1.807) is 0 Å². The summed E-state index contributed by atoms with van der Waals surface area (Å²) < 4.78 is 63.7. The van der Waals surface area contributed by atoms with Crippen molar-refractivity contribution in [3.8, 4) is 0 Å². The number of sulfone groups is 1. The standard InChI is InChI=1S/C13H9F3O2S/c14-10-5-6-11(15)9(7-10)8-19(17,18)13-4-2-1-3-12(13)16/h1-7H,8H2. The van der Waals surface area contributed by atoms with Gasteiger partial charge in [-0.05, 0) is 30.3 Å². The smallest absolute Gasteiger partial charge is 0.185 e. The second-order valence-corrected chi connectivity index (χ2v) is 5.88. The zero-order valence-electron chi connectivity index (χ0n) is 9.61. The zero-order chi connectivity index (χ0) is 14.0. The molecular formula is C13H9F3O2S. The highest BCUT2D eigenvalue weighted by molar-refractivity contribution is 7.90. The summed E-state index contributed by atoms with van der Waals surface area (Å²) in [5.74, 6) is -3.31. The minimum absolute atomic E-state index is 0.330. The Labute approximate surface area is 108 Å². The molecule has 0 spiro atoms. The molecule has 100 valence electrons. The molecule has 2 rings (SSSR count). The minimum atomic E-state index is -4.06. The summed E-state index contributed by atoms with van der Waals surface area (Å²) in [7, 11) is -4.06. The molecule has 2 aromatic carbocycles. The quantitative estimate of drug-likeness (QED) is 0.869. The lowest BCUT2D eigenvalue weighted by molar-refractivity contribution is 0.561. The Bertz CT molecular complexity index is 712. The Kier molecular flexibility index (Phi) is 3.61. The van der Waals surface area contributed by atoms with Gasteiger partial charge in [-0.2, -0.15) is 0 Å². The van der Waals surface area contributed by atoms with Crippen molar-refractivity contribution >= 4 is 9.84 Å². The zero-order valence-corrected chi connectivity index (χ0v) is 10.4. The summed E-state index contributed by atoms with van der Waals surface area (Å²) in [5, 5.41) is 0. The van der Waals surface area contributed by atoms with Gasteiger partial charge in [-0.15, -0.1) is 0 Å². The van der Waals surface area contributed by atoms with E-state index in [2.05, 4.69) is 0 Å². The number of rotatable bonds is 3. The van der Waals surface area contributed by atoms with Crippen molar-refractivity contribution in [1.29, 1.82) is 0 Å². The van der Waals surface area contributed by atoms with Gasteiger partial charge in [0, 0.05) is 5.56 Å². The molecule has 0 radical (unpaired) electrons. The molecule has 0 aliphatic rings. The molecule has 0 bridgehead atoms. The largest absolute Gasteiger partial charge is 0.223 e. The molecule has 2 nitrogen and oxygen atoms in total. The topological polar surface area (TPSA) is 34.1 Å². The van der Waals surface area contributed by atoms with Gasteiger partial charge in [-0.3, -0.25) is 0 Å². The number of benzene rings is 2. The van der Waals surface area contributed by atoms with Crippen LogP contribution in [0.2, 0.25) is 0 Å². The van der Waals surface area contributed by atoms with Crippen molar-refractivity contribution in [2.45, 2.75) is 10.6 Å². The lowest BCUT2D eigenvalue weighted by Gasteiger charge is -2.06. The molecule has 0 N–H and O–H groups in total. The van der Waals surface area contributed by atoms with Gasteiger partial charge in [0.15, 0.2) is 9.84 Å². The highest BCUT2D eigenvalue weighted by atomic mass is 32.2. The summed E-state index contributed by atoms with van der Waals surface area (Å²) in [6.07, 6.45) is 0. The first-order valence-electron chi connectivity index (χ1n) is 5.31. The molecule has 0 saturated carbocycles. The van der Waals surface area contributed by atoms with Crippen LogP contribution in [-0.4, -0.2) is 8.42 Å². The van der Waals surface area contributed by atoms with Crippen molar-refractivity contribution in [2.75, 3.05) is 0 Å². The summed E-state index contributed by atoms with van der Waals surface area (Å²) >= 11 is 0. The van der Waals surface area contributed by atoms with Gasteiger partial charge in [-0.25, -0.2) is 21.6 Å². The van der Waals surface area contributed by atoms with E-state index >= 15 is 0 Å². The monoisotopic (exact) mass is 286 g/mol. The van der Waals surface area contributed by atoms with Crippen molar-refractivity contribution < 1.29 is 21.6 Å². The van der Waals surface area contributed by atoms with Gasteiger partial charge in [0.05, 0.1) is 5.75 Å². The minimum Gasteiger partial charge on any atom is -0.223 e. The van der Waals surface area contributed by atoms with Gasteiger partial charge in [0.25, 0.3) is 0 Å². The highest BCUT2D eigenvalue weighted by Crippen LogP contribution is 2.21. The van der Waals surface area contributed by atoms with Crippen molar-refractivity contribution in [2.24, 2.45) is 0 Å².